The van der Waals surface area contributed by atoms with Crippen molar-refractivity contribution in [2.24, 2.45) is 0 Å². The van der Waals surface area contributed by atoms with E-state index >= 15 is 0 Å². The number of rotatable bonds is 8. The van der Waals surface area contributed by atoms with Crippen LogP contribution in [0.5, 0.6) is 5.75 Å². The average Bonchev–Trinajstić information content (AvgIpc) is 3.25. The number of ether oxygens (including phenoxy) is 1. The number of methoxy groups -OCH3 is 1. The number of amides is 1. The summed E-state index contributed by atoms with van der Waals surface area (Å²) in [7, 11) is -0.643. The van der Waals surface area contributed by atoms with Crippen LogP contribution in [-0.4, -0.2) is 64.5 Å². The van der Waals surface area contributed by atoms with Crippen LogP contribution in [0.4, 0.5) is 5.69 Å². The maximum Gasteiger partial charge on any atom is 0.262 e. The summed E-state index contributed by atoms with van der Waals surface area (Å²) in [5.41, 5.74) is 0.686. The van der Waals surface area contributed by atoms with E-state index < -0.39 is 10.0 Å². The van der Waals surface area contributed by atoms with E-state index in [4.69, 9.17) is 4.74 Å². The second kappa shape index (κ2) is 9.28. The molecule has 0 radical (unpaired) electrons. The molecule has 0 unspecified atom stereocenters. The van der Waals surface area contributed by atoms with Gasteiger partial charge in [0.15, 0.2) is 0 Å². The second-order valence-corrected chi connectivity index (χ2v) is 8.79. The summed E-state index contributed by atoms with van der Waals surface area (Å²) in [5.74, 6) is 0.225. The molecule has 2 aromatic rings. The Bertz CT molecular complexity index is 956. The van der Waals surface area contributed by atoms with Crippen molar-refractivity contribution >= 4 is 21.6 Å². The van der Waals surface area contributed by atoms with Gasteiger partial charge in [0.25, 0.3) is 15.9 Å². The van der Waals surface area contributed by atoms with Crippen LogP contribution in [0, 0.1) is 0 Å². The van der Waals surface area contributed by atoms with Gasteiger partial charge in [0.05, 0.1) is 17.7 Å². The zero-order chi connectivity index (χ0) is 20.9. The zero-order valence-corrected chi connectivity index (χ0v) is 17.6. The monoisotopic (exact) mass is 417 g/mol. The number of hydrogen-bond donors (Lipinski definition) is 1. The lowest BCUT2D eigenvalue weighted by atomic mass is 10.2. The summed E-state index contributed by atoms with van der Waals surface area (Å²) < 4.78 is 33.4. The van der Waals surface area contributed by atoms with E-state index in [1.54, 1.807) is 48.3 Å². The molecule has 1 saturated heterocycles. The molecule has 1 N–H and O–H groups in total. The van der Waals surface area contributed by atoms with E-state index in [2.05, 4.69) is 9.62 Å². The summed E-state index contributed by atoms with van der Waals surface area (Å²) >= 11 is 0. The van der Waals surface area contributed by atoms with Crippen LogP contribution in [0.25, 0.3) is 0 Å². The van der Waals surface area contributed by atoms with Crippen LogP contribution < -0.4 is 9.46 Å². The first kappa shape index (κ1) is 21.1. The Kier molecular flexibility index (Phi) is 6.76. The molecule has 0 aliphatic carbocycles. The molecule has 1 aliphatic rings. The molecule has 1 aliphatic heterocycles. The lowest BCUT2D eigenvalue weighted by Gasteiger charge is -2.21. The van der Waals surface area contributed by atoms with E-state index in [0.717, 1.165) is 19.6 Å². The van der Waals surface area contributed by atoms with Crippen LogP contribution in [-0.2, 0) is 10.0 Å². The first-order valence-corrected chi connectivity index (χ1v) is 11.1. The fraction of sp³-hybridized carbons (Fsp3) is 0.381. The lowest BCUT2D eigenvalue weighted by Crippen LogP contribution is -2.35. The second-order valence-electron chi connectivity index (χ2n) is 7.11. The smallest absolute Gasteiger partial charge is 0.262 e. The molecular formula is C21H27N3O4S. The van der Waals surface area contributed by atoms with Crippen LogP contribution in [0.3, 0.4) is 0 Å². The van der Waals surface area contributed by atoms with Crippen LogP contribution in [0.2, 0.25) is 0 Å². The van der Waals surface area contributed by atoms with Crippen molar-refractivity contribution in [1.29, 1.82) is 0 Å². The summed E-state index contributed by atoms with van der Waals surface area (Å²) in [6.45, 7) is 3.58. The number of likely N-dealkylation sites (N-methyl/N-ethyl adjacent to an activating group) is 1. The van der Waals surface area contributed by atoms with Crippen LogP contribution in [0.1, 0.15) is 23.2 Å². The Morgan fingerprint density at radius 3 is 2.59 bits per heavy atom. The Morgan fingerprint density at radius 1 is 1.14 bits per heavy atom. The van der Waals surface area contributed by atoms with Gasteiger partial charge in [-0.1, -0.05) is 18.2 Å². The molecule has 1 fully saturated rings. The van der Waals surface area contributed by atoms with Gasteiger partial charge in [0.2, 0.25) is 0 Å². The lowest BCUT2D eigenvalue weighted by molar-refractivity contribution is 0.0782. The normalized spacial score (nSPS) is 14.6. The fourth-order valence-corrected chi connectivity index (χ4v) is 4.46. The molecule has 156 valence electrons. The number of para-hydroxylation sites is 2. The van der Waals surface area contributed by atoms with E-state index in [9.17, 15) is 13.2 Å². The van der Waals surface area contributed by atoms with Gasteiger partial charge in [-0.2, -0.15) is 0 Å². The minimum Gasteiger partial charge on any atom is -0.495 e. The molecule has 1 heterocycles. The van der Waals surface area contributed by atoms with Crippen molar-refractivity contribution in [3.63, 3.8) is 0 Å². The Hall–Kier alpha value is -2.58. The third-order valence-corrected chi connectivity index (χ3v) is 6.40. The number of benzene rings is 2. The summed E-state index contributed by atoms with van der Waals surface area (Å²) in [6.07, 6.45) is 2.41. The molecule has 0 atom stereocenters. The van der Waals surface area contributed by atoms with E-state index in [-0.39, 0.29) is 10.8 Å². The Balaban J connectivity index is 1.72. The van der Waals surface area contributed by atoms with Gasteiger partial charge in [0, 0.05) is 25.7 Å². The quantitative estimate of drug-likeness (QED) is 0.714. The molecule has 29 heavy (non-hydrogen) atoms. The number of nitrogens with zero attached hydrogens (tertiary/aromatic N) is 2. The zero-order valence-electron chi connectivity index (χ0n) is 16.8. The third-order valence-electron chi connectivity index (χ3n) is 5.04. The van der Waals surface area contributed by atoms with Gasteiger partial charge in [-0.05, 0) is 56.3 Å². The minimum atomic E-state index is -3.86. The highest BCUT2D eigenvalue weighted by Crippen LogP contribution is 2.26. The van der Waals surface area contributed by atoms with Gasteiger partial charge in [-0.15, -0.1) is 0 Å². The van der Waals surface area contributed by atoms with Crippen LogP contribution >= 0.6 is 0 Å². The molecule has 8 heteroatoms. The maximum atomic E-state index is 12.8. The predicted octanol–water partition coefficient (Wildman–Crippen LogP) is 2.66. The van der Waals surface area contributed by atoms with E-state index in [0.29, 0.717) is 23.5 Å². The van der Waals surface area contributed by atoms with Crippen molar-refractivity contribution in [3.8, 4) is 5.75 Å². The SMILES string of the molecule is COc1ccccc1NS(=O)(=O)c1cccc(C(=O)N(C)CCN2CCCC2)c1. The maximum absolute atomic E-state index is 12.8. The van der Waals surface area contributed by atoms with Gasteiger partial charge in [0.1, 0.15) is 5.75 Å². The highest BCUT2D eigenvalue weighted by atomic mass is 32.2. The van der Waals surface area contributed by atoms with Crippen molar-refractivity contribution < 1.29 is 17.9 Å². The van der Waals surface area contributed by atoms with Crippen molar-refractivity contribution in [2.45, 2.75) is 17.7 Å². The molecular weight excluding hydrogens is 390 g/mol. The number of carbonyl (C=O) groups excluding carboxylic acids is 1. The molecule has 2 aromatic carbocycles. The number of likely N-dealkylation sites (tertiary alicyclic amines) is 1. The van der Waals surface area contributed by atoms with E-state index in [1.165, 1.54) is 32.1 Å². The van der Waals surface area contributed by atoms with Crippen molar-refractivity contribution in [2.75, 3.05) is 45.1 Å². The predicted molar refractivity (Wildman–Crippen MR) is 113 cm³/mol. The number of anilines is 1. The first-order chi connectivity index (χ1) is 13.9. The summed E-state index contributed by atoms with van der Waals surface area (Å²) in [6, 6.07) is 12.9. The first-order valence-electron chi connectivity index (χ1n) is 9.64. The standard InChI is InChI=1S/C21H27N3O4S/c1-23(14-15-24-12-5-6-13-24)21(25)17-8-7-9-18(16-17)29(26,27)22-19-10-3-4-11-20(19)28-2/h3-4,7-11,16,22H,5-6,12-15H2,1-2H3. The fourth-order valence-electron chi connectivity index (χ4n) is 3.35. The number of hydrogen-bond acceptors (Lipinski definition) is 5. The largest absolute Gasteiger partial charge is 0.495 e. The molecule has 0 spiro atoms. The molecule has 1 amide bonds. The molecule has 0 bridgehead atoms. The summed E-state index contributed by atoms with van der Waals surface area (Å²) in [4.78, 5) is 16.8. The number of carbonyl (C=O) groups is 1. The molecule has 3 rings (SSSR count). The van der Waals surface area contributed by atoms with Gasteiger partial charge in [-0.25, -0.2) is 8.42 Å². The third kappa shape index (κ3) is 5.27. The highest BCUT2D eigenvalue weighted by Gasteiger charge is 2.20. The van der Waals surface area contributed by atoms with Crippen molar-refractivity contribution in [1.82, 2.24) is 9.80 Å². The topological polar surface area (TPSA) is 78.9 Å². The number of sulfonamides is 1. The molecule has 7 nitrogen and oxygen atoms in total. The average molecular weight is 418 g/mol. The van der Waals surface area contributed by atoms with Gasteiger partial charge < -0.3 is 14.5 Å². The van der Waals surface area contributed by atoms with Crippen molar-refractivity contribution in [3.05, 3.63) is 54.1 Å². The van der Waals surface area contributed by atoms with Gasteiger partial charge >= 0.3 is 0 Å². The summed E-state index contributed by atoms with van der Waals surface area (Å²) in [5, 5.41) is 0. The Labute approximate surface area is 172 Å². The van der Waals surface area contributed by atoms with E-state index in [1.807, 2.05) is 0 Å². The van der Waals surface area contributed by atoms with Gasteiger partial charge in [-0.3, -0.25) is 9.52 Å². The molecule has 0 aromatic heterocycles. The highest BCUT2D eigenvalue weighted by molar-refractivity contribution is 7.92. The molecule has 0 saturated carbocycles. The van der Waals surface area contributed by atoms with Crippen LogP contribution in [0.15, 0.2) is 53.4 Å². The Morgan fingerprint density at radius 2 is 1.86 bits per heavy atom. The minimum absolute atomic E-state index is 0.0298. The number of nitrogens with one attached hydrogen (secondary N) is 1.